The van der Waals surface area contributed by atoms with Crippen molar-refractivity contribution in [1.29, 1.82) is 0 Å². The van der Waals surface area contributed by atoms with Gasteiger partial charge in [0.15, 0.2) is 0 Å². The van der Waals surface area contributed by atoms with Crippen molar-refractivity contribution in [2.75, 3.05) is 0 Å². The van der Waals surface area contributed by atoms with Crippen LogP contribution in [0.5, 0.6) is 0 Å². The first kappa shape index (κ1) is 6.96. The highest BCUT2D eigenvalue weighted by atomic mass is 15.5. The van der Waals surface area contributed by atoms with Crippen molar-refractivity contribution in [3.63, 3.8) is 0 Å². The van der Waals surface area contributed by atoms with Crippen LogP contribution in [0.25, 0.3) is 0 Å². The Bertz CT molecular complexity index is 348. The van der Waals surface area contributed by atoms with Crippen LogP contribution in [-0.4, -0.2) is 30.0 Å². The van der Waals surface area contributed by atoms with Crippen LogP contribution in [0, 0.1) is 0 Å². The molecule has 0 atom stereocenters. The van der Waals surface area contributed by atoms with Crippen molar-refractivity contribution >= 4 is 0 Å². The van der Waals surface area contributed by atoms with E-state index in [9.17, 15) is 0 Å². The predicted octanol–water partition coefficient (Wildman–Crippen LogP) is -0.545. The van der Waals surface area contributed by atoms with Gasteiger partial charge in [-0.25, -0.2) is 4.68 Å². The topological polar surface area (TPSA) is 61.4 Å². The quantitative estimate of drug-likeness (QED) is 0.597. The summed E-state index contributed by atoms with van der Waals surface area (Å²) in [6.45, 7) is 0.619. The third-order valence-electron chi connectivity index (χ3n) is 1.44. The van der Waals surface area contributed by atoms with E-state index in [1.165, 1.54) is 4.80 Å². The molecular formula is C6H8N6. The molecule has 0 aromatic carbocycles. The zero-order chi connectivity index (χ0) is 8.39. The van der Waals surface area contributed by atoms with Gasteiger partial charge in [0.2, 0.25) is 0 Å². The molecule has 0 aliphatic heterocycles. The fourth-order valence-electron chi connectivity index (χ4n) is 0.943. The SMILES string of the molecule is Cn1ncc(Cn2ccnn2)n1. The zero-order valence-electron chi connectivity index (χ0n) is 6.62. The van der Waals surface area contributed by atoms with Gasteiger partial charge in [0.25, 0.3) is 0 Å². The van der Waals surface area contributed by atoms with E-state index in [-0.39, 0.29) is 0 Å². The number of rotatable bonds is 2. The highest BCUT2D eigenvalue weighted by Crippen LogP contribution is 1.93. The number of aromatic nitrogens is 6. The molecule has 0 spiro atoms. The van der Waals surface area contributed by atoms with Crippen LogP contribution in [-0.2, 0) is 13.6 Å². The molecule has 0 fully saturated rings. The average Bonchev–Trinajstić information content (AvgIpc) is 2.63. The maximum absolute atomic E-state index is 4.10. The van der Waals surface area contributed by atoms with Gasteiger partial charge in [-0.05, 0) is 0 Å². The van der Waals surface area contributed by atoms with Crippen LogP contribution >= 0.6 is 0 Å². The Morgan fingerprint density at radius 2 is 2.42 bits per heavy atom. The molecule has 0 aliphatic carbocycles. The minimum absolute atomic E-state index is 0.619. The standard InChI is InChI=1S/C6H8N6/c1-11-8-4-6(9-11)5-12-3-2-7-10-12/h2-4H,5H2,1H3. The molecule has 62 valence electrons. The summed E-state index contributed by atoms with van der Waals surface area (Å²) in [6, 6.07) is 0. The molecule has 0 N–H and O–H groups in total. The van der Waals surface area contributed by atoms with E-state index in [0.717, 1.165) is 5.69 Å². The number of aryl methyl sites for hydroxylation is 1. The van der Waals surface area contributed by atoms with Crippen LogP contribution in [0.1, 0.15) is 5.69 Å². The lowest BCUT2D eigenvalue weighted by Crippen LogP contribution is -2.02. The first-order valence-corrected chi connectivity index (χ1v) is 3.54. The molecule has 0 radical (unpaired) electrons. The first-order valence-electron chi connectivity index (χ1n) is 3.54. The second-order valence-corrected chi connectivity index (χ2v) is 2.43. The lowest BCUT2D eigenvalue weighted by atomic mass is 10.5. The number of hydrogen-bond acceptors (Lipinski definition) is 4. The average molecular weight is 164 g/mol. The molecule has 2 aromatic rings. The van der Waals surface area contributed by atoms with Crippen molar-refractivity contribution in [1.82, 2.24) is 30.0 Å². The summed E-state index contributed by atoms with van der Waals surface area (Å²) >= 11 is 0. The van der Waals surface area contributed by atoms with Gasteiger partial charge in [0, 0.05) is 13.2 Å². The highest BCUT2D eigenvalue weighted by Gasteiger charge is 1.98. The summed E-state index contributed by atoms with van der Waals surface area (Å²) in [6.07, 6.45) is 5.13. The number of hydrogen-bond donors (Lipinski definition) is 0. The zero-order valence-corrected chi connectivity index (χ0v) is 6.62. The maximum atomic E-state index is 4.10. The van der Waals surface area contributed by atoms with Gasteiger partial charge < -0.3 is 0 Å². The fraction of sp³-hybridized carbons (Fsp3) is 0.333. The summed E-state index contributed by atoms with van der Waals surface area (Å²) in [5.41, 5.74) is 0.878. The van der Waals surface area contributed by atoms with E-state index in [2.05, 4.69) is 20.5 Å². The molecule has 2 heterocycles. The Balaban J connectivity index is 2.14. The van der Waals surface area contributed by atoms with Gasteiger partial charge >= 0.3 is 0 Å². The molecule has 0 bridgehead atoms. The van der Waals surface area contributed by atoms with E-state index in [1.807, 2.05) is 0 Å². The lowest BCUT2D eigenvalue weighted by molar-refractivity contribution is 0.607. The van der Waals surface area contributed by atoms with E-state index in [0.29, 0.717) is 6.54 Å². The van der Waals surface area contributed by atoms with Crippen LogP contribution in [0.15, 0.2) is 18.6 Å². The summed E-state index contributed by atoms with van der Waals surface area (Å²) in [5.74, 6) is 0. The molecular weight excluding hydrogens is 156 g/mol. The van der Waals surface area contributed by atoms with Crippen molar-refractivity contribution in [2.45, 2.75) is 6.54 Å². The van der Waals surface area contributed by atoms with Crippen molar-refractivity contribution in [3.05, 3.63) is 24.3 Å². The molecule has 0 aliphatic rings. The van der Waals surface area contributed by atoms with E-state index in [4.69, 9.17) is 0 Å². The fourth-order valence-corrected chi connectivity index (χ4v) is 0.943. The van der Waals surface area contributed by atoms with Gasteiger partial charge in [-0.15, -0.1) is 5.10 Å². The van der Waals surface area contributed by atoms with Crippen LogP contribution in [0.3, 0.4) is 0 Å². The van der Waals surface area contributed by atoms with Crippen LogP contribution in [0.4, 0.5) is 0 Å². The van der Waals surface area contributed by atoms with Gasteiger partial charge in [0.1, 0.15) is 5.69 Å². The van der Waals surface area contributed by atoms with Crippen LogP contribution in [0.2, 0.25) is 0 Å². The molecule has 2 rings (SSSR count). The minimum atomic E-state index is 0.619. The summed E-state index contributed by atoms with van der Waals surface area (Å²) in [5, 5.41) is 15.5. The summed E-state index contributed by atoms with van der Waals surface area (Å²) in [4.78, 5) is 1.52. The van der Waals surface area contributed by atoms with Gasteiger partial charge in [-0.3, -0.25) is 0 Å². The number of nitrogens with zero attached hydrogens (tertiary/aromatic N) is 6. The molecule has 0 saturated heterocycles. The first-order chi connectivity index (χ1) is 5.84. The third kappa shape index (κ3) is 1.31. The Labute approximate surface area is 68.8 Å². The molecule has 0 amide bonds. The van der Waals surface area contributed by atoms with E-state index >= 15 is 0 Å². The lowest BCUT2D eigenvalue weighted by Gasteiger charge is -1.92. The monoisotopic (exact) mass is 164 g/mol. The molecule has 2 aromatic heterocycles. The normalized spacial score (nSPS) is 10.4. The Kier molecular flexibility index (Phi) is 1.58. The Morgan fingerprint density at radius 3 is 3.00 bits per heavy atom. The summed E-state index contributed by atoms with van der Waals surface area (Å²) in [7, 11) is 1.78. The van der Waals surface area contributed by atoms with E-state index in [1.54, 1.807) is 30.3 Å². The predicted molar refractivity (Wildman–Crippen MR) is 40.1 cm³/mol. The minimum Gasteiger partial charge on any atom is -0.246 e. The van der Waals surface area contributed by atoms with E-state index < -0.39 is 0 Å². The third-order valence-corrected chi connectivity index (χ3v) is 1.44. The van der Waals surface area contributed by atoms with Gasteiger partial charge in [-0.2, -0.15) is 15.0 Å². The second-order valence-electron chi connectivity index (χ2n) is 2.43. The van der Waals surface area contributed by atoms with Crippen molar-refractivity contribution < 1.29 is 0 Å². The maximum Gasteiger partial charge on any atom is 0.104 e. The molecule has 0 saturated carbocycles. The Morgan fingerprint density at radius 1 is 1.50 bits per heavy atom. The van der Waals surface area contributed by atoms with Gasteiger partial charge in [-0.1, -0.05) is 5.21 Å². The van der Waals surface area contributed by atoms with Crippen molar-refractivity contribution in [2.24, 2.45) is 7.05 Å². The molecule has 6 nitrogen and oxygen atoms in total. The molecule has 0 unspecified atom stereocenters. The molecule has 6 heteroatoms. The van der Waals surface area contributed by atoms with Crippen LogP contribution < -0.4 is 0 Å². The highest BCUT2D eigenvalue weighted by molar-refractivity contribution is 4.91. The van der Waals surface area contributed by atoms with Gasteiger partial charge in [0.05, 0.1) is 18.9 Å². The molecule has 12 heavy (non-hydrogen) atoms. The summed E-state index contributed by atoms with van der Waals surface area (Å²) < 4.78 is 1.70. The Hall–Kier alpha value is -1.72. The van der Waals surface area contributed by atoms with Crippen molar-refractivity contribution in [3.8, 4) is 0 Å². The smallest absolute Gasteiger partial charge is 0.104 e. The largest absolute Gasteiger partial charge is 0.246 e. The second kappa shape index (κ2) is 2.72.